The maximum atomic E-state index is 12.0. The molecule has 1 aromatic heterocycles. The number of anilines is 1. The summed E-state index contributed by atoms with van der Waals surface area (Å²) in [6, 6.07) is 15.7. The van der Waals surface area contributed by atoms with Crippen molar-refractivity contribution in [3.05, 3.63) is 78.1 Å². The Hall–Kier alpha value is -4.05. The van der Waals surface area contributed by atoms with Crippen LogP contribution in [0.5, 0.6) is 5.75 Å². The van der Waals surface area contributed by atoms with Crippen molar-refractivity contribution >= 4 is 18.0 Å². The number of hydrogen-bond acceptors (Lipinski definition) is 7. The van der Waals surface area contributed by atoms with E-state index in [0.29, 0.717) is 11.7 Å². The number of H-pyrrole nitrogens is 1. The molecule has 3 aromatic rings. The lowest BCUT2D eigenvalue weighted by Crippen LogP contribution is -2.42. The number of nitrogens with one attached hydrogen (secondary N) is 4. The van der Waals surface area contributed by atoms with E-state index >= 15 is 0 Å². The van der Waals surface area contributed by atoms with Gasteiger partial charge in [-0.3, -0.25) is 5.43 Å². The molecule has 34 heavy (non-hydrogen) atoms. The topological polar surface area (TPSA) is 138 Å². The molecule has 1 amide bonds. The van der Waals surface area contributed by atoms with Crippen molar-refractivity contribution in [2.75, 3.05) is 18.6 Å². The third kappa shape index (κ3) is 8.83. The molecule has 0 spiro atoms. The zero-order valence-electron chi connectivity index (χ0n) is 18.7. The van der Waals surface area contributed by atoms with Crippen LogP contribution in [0.3, 0.4) is 0 Å². The third-order valence-electron chi connectivity index (χ3n) is 4.85. The number of aliphatic carboxylic acids is 1. The number of rotatable bonds is 14. The molecule has 10 heteroatoms. The Morgan fingerprint density at radius 2 is 1.91 bits per heavy atom. The van der Waals surface area contributed by atoms with Crippen LogP contribution >= 0.6 is 0 Å². The normalized spacial score (nSPS) is 11.4. The summed E-state index contributed by atoms with van der Waals surface area (Å²) in [5.74, 6) is 0.161. The minimum atomic E-state index is -1.15. The van der Waals surface area contributed by atoms with E-state index in [-0.39, 0.29) is 19.6 Å². The molecular formula is C24H29N5O5. The van der Waals surface area contributed by atoms with E-state index in [1.807, 2.05) is 54.6 Å². The Morgan fingerprint density at radius 3 is 2.68 bits per heavy atom. The van der Waals surface area contributed by atoms with Crippen molar-refractivity contribution in [2.45, 2.75) is 31.9 Å². The molecule has 5 N–H and O–H groups in total. The number of ether oxygens (including phenoxy) is 2. The van der Waals surface area contributed by atoms with E-state index in [1.165, 1.54) is 0 Å². The van der Waals surface area contributed by atoms with Gasteiger partial charge in [-0.25, -0.2) is 20.0 Å². The first kappa shape index (κ1) is 24.6. The molecule has 0 saturated heterocycles. The molecule has 180 valence electrons. The fraction of sp³-hybridized carbons (Fsp3) is 0.292. The van der Waals surface area contributed by atoms with Gasteiger partial charge in [-0.05, 0) is 36.1 Å². The summed E-state index contributed by atoms with van der Waals surface area (Å²) in [4.78, 5) is 30.5. The zero-order valence-corrected chi connectivity index (χ0v) is 18.7. The molecule has 0 radical (unpaired) electrons. The molecule has 3 rings (SSSR count). The fourth-order valence-electron chi connectivity index (χ4n) is 3.11. The van der Waals surface area contributed by atoms with Crippen LogP contribution in [0.25, 0.3) is 0 Å². The largest absolute Gasteiger partial charge is 0.493 e. The number of carboxylic acids is 1. The number of carboxylic acid groups (broad SMARTS) is 1. The van der Waals surface area contributed by atoms with Gasteiger partial charge in [-0.1, -0.05) is 42.5 Å². The molecule has 2 aromatic carbocycles. The number of carbonyl (C=O) groups excluding carboxylic acids is 1. The number of aromatic amines is 1. The standard InChI is InChI=1S/C24H29N5O5/c30-22(31)21(28-24(32)34-17-19-6-2-1-3-7-19)11-15-33-20-10-4-8-18(16-20)9-5-12-27-29-23-25-13-14-26-23/h1-4,6-8,10,13-14,16,21,27H,5,9,11-12,15,17H2,(H,28,32)(H,30,31)(H2,25,26,29). The third-order valence-corrected chi connectivity index (χ3v) is 4.85. The van der Waals surface area contributed by atoms with Crippen LogP contribution in [-0.2, 0) is 22.6 Å². The summed E-state index contributed by atoms with van der Waals surface area (Å²) < 4.78 is 10.8. The van der Waals surface area contributed by atoms with Gasteiger partial charge in [0.1, 0.15) is 18.4 Å². The molecule has 1 heterocycles. The molecule has 0 aliphatic rings. The summed E-state index contributed by atoms with van der Waals surface area (Å²) in [6.45, 7) is 0.947. The van der Waals surface area contributed by atoms with Crippen molar-refractivity contribution in [1.82, 2.24) is 20.7 Å². The van der Waals surface area contributed by atoms with Gasteiger partial charge in [-0.15, -0.1) is 0 Å². The van der Waals surface area contributed by atoms with Crippen LogP contribution in [0.15, 0.2) is 67.0 Å². The van der Waals surface area contributed by atoms with E-state index in [0.717, 1.165) is 30.5 Å². The quantitative estimate of drug-likeness (QED) is 0.180. The second-order valence-corrected chi connectivity index (χ2v) is 7.47. The second kappa shape index (κ2) is 13.5. The first-order valence-corrected chi connectivity index (χ1v) is 11.0. The number of amides is 1. The number of hydrogen-bond donors (Lipinski definition) is 5. The highest BCUT2D eigenvalue weighted by Crippen LogP contribution is 2.15. The molecule has 0 aliphatic carbocycles. The van der Waals surface area contributed by atoms with Gasteiger partial charge in [0.05, 0.1) is 6.61 Å². The number of aromatic nitrogens is 2. The van der Waals surface area contributed by atoms with Gasteiger partial charge in [0.15, 0.2) is 0 Å². The van der Waals surface area contributed by atoms with Crippen molar-refractivity contribution in [3.63, 3.8) is 0 Å². The van der Waals surface area contributed by atoms with Crippen LogP contribution < -0.4 is 20.9 Å². The number of aryl methyl sites for hydroxylation is 1. The lowest BCUT2D eigenvalue weighted by molar-refractivity contribution is -0.139. The number of alkyl carbamates (subject to hydrolysis) is 1. The molecule has 1 atom stereocenters. The first-order chi connectivity index (χ1) is 16.6. The molecule has 0 saturated carbocycles. The molecule has 10 nitrogen and oxygen atoms in total. The maximum absolute atomic E-state index is 12.0. The smallest absolute Gasteiger partial charge is 0.408 e. The highest BCUT2D eigenvalue weighted by Gasteiger charge is 2.20. The van der Waals surface area contributed by atoms with Gasteiger partial charge < -0.3 is 24.9 Å². The fourth-order valence-corrected chi connectivity index (χ4v) is 3.11. The van der Waals surface area contributed by atoms with E-state index in [9.17, 15) is 14.7 Å². The van der Waals surface area contributed by atoms with E-state index in [1.54, 1.807) is 12.4 Å². The number of carbonyl (C=O) groups is 2. The molecule has 1 unspecified atom stereocenters. The predicted octanol–water partition coefficient (Wildman–Crippen LogP) is 3.11. The van der Waals surface area contributed by atoms with E-state index in [2.05, 4.69) is 26.1 Å². The highest BCUT2D eigenvalue weighted by molar-refractivity contribution is 5.79. The van der Waals surface area contributed by atoms with Gasteiger partial charge in [0.25, 0.3) is 0 Å². The Bertz CT molecular complexity index is 1010. The van der Waals surface area contributed by atoms with Crippen LogP contribution in [-0.4, -0.2) is 46.3 Å². The summed E-state index contributed by atoms with van der Waals surface area (Å²) in [6.07, 6.45) is 4.46. The number of imidazole rings is 1. The highest BCUT2D eigenvalue weighted by atomic mass is 16.5. The van der Waals surface area contributed by atoms with Gasteiger partial charge >= 0.3 is 12.1 Å². The number of nitrogens with zero attached hydrogens (tertiary/aromatic N) is 1. The number of hydrazine groups is 1. The van der Waals surface area contributed by atoms with Crippen LogP contribution in [0, 0.1) is 0 Å². The maximum Gasteiger partial charge on any atom is 0.408 e. The second-order valence-electron chi connectivity index (χ2n) is 7.47. The van der Waals surface area contributed by atoms with Crippen molar-refractivity contribution in [3.8, 4) is 5.75 Å². The Labute approximate surface area is 197 Å². The summed E-state index contributed by atoms with van der Waals surface area (Å²) in [5.41, 5.74) is 7.98. The van der Waals surface area contributed by atoms with Crippen LogP contribution in [0.4, 0.5) is 10.7 Å². The average Bonchev–Trinajstić information content (AvgIpc) is 3.36. The van der Waals surface area contributed by atoms with Crippen LogP contribution in [0.2, 0.25) is 0 Å². The van der Waals surface area contributed by atoms with Crippen molar-refractivity contribution in [2.24, 2.45) is 0 Å². The zero-order chi connectivity index (χ0) is 24.0. The van der Waals surface area contributed by atoms with E-state index in [4.69, 9.17) is 9.47 Å². The first-order valence-electron chi connectivity index (χ1n) is 11.0. The molecule has 0 aliphatic heterocycles. The summed E-state index contributed by atoms with van der Waals surface area (Å²) in [5, 5.41) is 11.8. The minimum absolute atomic E-state index is 0.0662. The summed E-state index contributed by atoms with van der Waals surface area (Å²) >= 11 is 0. The average molecular weight is 468 g/mol. The number of benzene rings is 2. The van der Waals surface area contributed by atoms with Gasteiger partial charge in [0.2, 0.25) is 5.95 Å². The molecule has 0 bridgehead atoms. The minimum Gasteiger partial charge on any atom is -0.493 e. The van der Waals surface area contributed by atoms with Crippen molar-refractivity contribution in [1.29, 1.82) is 0 Å². The SMILES string of the molecule is O=C(NC(CCOc1cccc(CCCNNc2ncc[nH]2)c1)C(=O)O)OCc1ccccc1. The lowest BCUT2D eigenvalue weighted by Gasteiger charge is -2.15. The van der Waals surface area contributed by atoms with Gasteiger partial charge in [0, 0.05) is 25.4 Å². The van der Waals surface area contributed by atoms with E-state index < -0.39 is 18.1 Å². The van der Waals surface area contributed by atoms with Crippen LogP contribution in [0.1, 0.15) is 24.0 Å². The van der Waals surface area contributed by atoms with Crippen molar-refractivity contribution < 1.29 is 24.2 Å². The Kier molecular flexibility index (Phi) is 9.75. The van der Waals surface area contributed by atoms with Gasteiger partial charge in [-0.2, -0.15) is 0 Å². The summed E-state index contributed by atoms with van der Waals surface area (Å²) in [7, 11) is 0. The molecule has 0 fully saturated rings. The monoisotopic (exact) mass is 467 g/mol. The molecular weight excluding hydrogens is 438 g/mol. The lowest BCUT2D eigenvalue weighted by atomic mass is 10.1. The Balaban J connectivity index is 1.35. The Morgan fingerprint density at radius 1 is 1.09 bits per heavy atom. The predicted molar refractivity (Wildman–Crippen MR) is 126 cm³/mol.